The Kier molecular flexibility index (Phi) is 4.19. The number of rotatable bonds is 5. The number of carbonyl (C=O) groups is 1. The van der Waals surface area contributed by atoms with E-state index in [1.807, 2.05) is 31.2 Å². The van der Waals surface area contributed by atoms with Gasteiger partial charge in [-0.2, -0.15) is 0 Å². The number of carbonyl (C=O) groups excluding carboxylic acids is 1. The van der Waals surface area contributed by atoms with Gasteiger partial charge in [0.15, 0.2) is 5.01 Å². The zero-order valence-electron chi connectivity index (χ0n) is 15.6. The molecule has 4 bridgehead atoms. The lowest BCUT2D eigenvalue weighted by atomic mass is 9.49. The molecule has 27 heavy (non-hydrogen) atoms. The standard InChI is InChI=1S/C21H25N3O2S/c1-13-3-2-4-17(5-13)26-12-18-23-24-20(27-18)22-19(25)21-9-14-6-15(10-21)8-16(7-14)11-21/h2-5,14-16H,6-12H2,1H3,(H,22,24,25). The SMILES string of the molecule is Cc1cccc(OCc2nnc(NC(=O)C34CC5CC(CC(C5)C3)C4)s2)c1. The number of hydrogen-bond donors (Lipinski definition) is 1. The average Bonchev–Trinajstić information content (AvgIpc) is 3.06. The molecule has 6 rings (SSSR count). The second-order valence-corrected chi connectivity index (χ2v) is 9.82. The smallest absolute Gasteiger partial charge is 0.232 e. The number of ether oxygens (including phenoxy) is 1. The van der Waals surface area contributed by atoms with Crippen molar-refractivity contribution in [1.29, 1.82) is 0 Å². The lowest BCUT2D eigenvalue weighted by Crippen LogP contribution is -2.51. The van der Waals surface area contributed by atoms with E-state index in [1.165, 1.54) is 30.6 Å². The minimum absolute atomic E-state index is 0.154. The van der Waals surface area contributed by atoms with E-state index in [1.54, 1.807) is 0 Å². The summed E-state index contributed by atoms with van der Waals surface area (Å²) in [5, 5.41) is 12.8. The summed E-state index contributed by atoms with van der Waals surface area (Å²) in [6.45, 7) is 2.41. The van der Waals surface area contributed by atoms with Crippen LogP contribution in [-0.2, 0) is 11.4 Å². The molecule has 0 radical (unpaired) electrons. The molecule has 0 unspecified atom stereocenters. The lowest BCUT2D eigenvalue weighted by Gasteiger charge is -2.55. The van der Waals surface area contributed by atoms with Crippen molar-refractivity contribution in [2.45, 2.75) is 52.1 Å². The van der Waals surface area contributed by atoms with Gasteiger partial charge in [-0.25, -0.2) is 0 Å². The first kappa shape index (κ1) is 17.2. The van der Waals surface area contributed by atoms with Gasteiger partial charge in [0.25, 0.3) is 0 Å². The van der Waals surface area contributed by atoms with E-state index in [4.69, 9.17) is 4.74 Å². The van der Waals surface area contributed by atoms with Crippen molar-refractivity contribution in [3.05, 3.63) is 34.8 Å². The average molecular weight is 384 g/mol. The summed E-state index contributed by atoms with van der Waals surface area (Å²) in [4.78, 5) is 13.1. The van der Waals surface area contributed by atoms with Gasteiger partial charge in [0.1, 0.15) is 12.4 Å². The van der Waals surface area contributed by atoms with E-state index in [9.17, 15) is 4.79 Å². The highest BCUT2D eigenvalue weighted by molar-refractivity contribution is 7.15. The molecule has 4 fully saturated rings. The summed E-state index contributed by atoms with van der Waals surface area (Å²) in [7, 11) is 0. The molecule has 5 nitrogen and oxygen atoms in total. The highest BCUT2D eigenvalue weighted by Gasteiger charge is 2.54. The monoisotopic (exact) mass is 383 g/mol. The Hall–Kier alpha value is -1.95. The van der Waals surface area contributed by atoms with Crippen LogP contribution in [0.15, 0.2) is 24.3 Å². The van der Waals surface area contributed by atoms with Gasteiger partial charge in [-0.3, -0.25) is 4.79 Å². The van der Waals surface area contributed by atoms with Crippen LogP contribution in [0.25, 0.3) is 0 Å². The molecule has 2 aromatic rings. The van der Waals surface area contributed by atoms with Crippen molar-refractivity contribution in [1.82, 2.24) is 10.2 Å². The van der Waals surface area contributed by atoms with Gasteiger partial charge in [-0.1, -0.05) is 23.5 Å². The van der Waals surface area contributed by atoms with E-state index in [2.05, 4.69) is 15.5 Å². The van der Waals surface area contributed by atoms with Crippen LogP contribution in [0, 0.1) is 30.1 Å². The molecule has 0 atom stereocenters. The first-order chi connectivity index (χ1) is 13.1. The van der Waals surface area contributed by atoms with E-state index in [-0.39, 0.29) is 11.3 Å². The van der Waals surface area contributed by atoms with E-state index in [0.717, 1.165) is 53.3 Å². The molecular formula is C21H25N3O2S. The molecule has 4 saturated carbocycles. The number of benzene rings is 1. The topological polar surface area (TPSA) is 64.1 Å². The van der Waals surface area contributed by atoms with Crippen LogP contribution >= 0.6 is 11.3 Å². The van der Waals surface area contributed by atoms with Crippen LogP contribution in [0.2, 0.25) is 0 Å². The Balaban J connectivity index is 1.22. The maximum Gasteiger partial charge on any atom is 0.232 e. The van der Waals surface area contributed by atoms with E-state index < -0.39 is 0 Å². The van der Waals surface area contributed by atoms with Gasteiger partial charge < -0.3 is 10.1 Å². The molecule has 1 heterocycles. The molecule has 142 valence electrons. The summed E-state index contributed by atoms with van der Waals surface area (Å²) in [5.74, 6) is 3.27. The third-order valence-electron chi connectivity index (χ3n) is 6.56. The molecule has 6 heteroatoms. The molecular weight excluding hydrogens is 358 g/mol. The normalized spacial score (nSPS) is 31.1. The zero-order chi connectivity index (χ0) is 18.4. The maximum atomic E-state index is 13.1. The Morgan fingerprint density at radius 2 is 1.89 bits per heavy atom. The van der Waals surface area contributed by atoms with Crippen molar-refractivity contribution < 1.29 is 9.53 Å². The van der Waals surface area contributed by atoms with E-state index >= 15 is 0 Å². The molecule has 1 aromatic heterocycles. The van der Waals surface area contributed by atoms with Crippen LogP contribution in [0.5, 0.6) is 5.75 Å². The number of aryl methyl sites for hydroxylation is 1. The third-order valence-corrected chi connectivity index (χ3v) is 7.37. The highest BCUT2D eigenvalue weighted by Crippen LogP contribution is 2.60. The van der Waals surface area contributed by atoms with Crippen LogP contribution in [0.3, 0.4) is 0 Å². The van der Waals surface area contributed by atoms with Gasteiger partial charge >= 0.3 is 0 Å². The summed E-state index contributed by atoms with van der Waals surface area (Å²) < 4.78 is 5.79. The molecule has 1 N–H and O–H groups in total. The van der Waals surface area contributed by atoms with Gasteiger partial charge in [0.2, 0.25) is 11.0 Å². The molecule has 4 aliphatic carbocycles. The first-order valence-corrected chi connectivity index (χ1v) is 10.7. The summed E-state index contributed by atoms with van der Waals surface area (Å²) in [6, 6.07) is 7.94. The van der Waals surface area contributed by atoms with Crippen molar-refractivity contribution in [2.75, 3.05) is 5.32 Å². The number of nitrogens with one attached hydrogen (secondary N) is 1. The van der Waals surface area contributed by atoms with Crippen molar-refractivity contribution in [2.24, 2.45) is 23.2 Å². The summed E-state index contributed by atoms with van der Waals surface area (Å²) in [5.41, 5.74) is 1.01. The molecule has 1 amide bonds. The van der Waals surface area contributed by atoms with Crippen LogP contribution in [0.1, 0.15) is 49.1 Å². The van der Waals surface area contributed by atoms with Crippen molar-refractivity contribution in [3.63, 3.8) is 0 Å². The first-order valence-electron chi connectivity index (χ1n) is 9.91. The van der Waals surface area contributed by atoms with E-state index in [0.29, 0.717) is 11.7 Å². The fourth-order valence-corrected chi connectivity index (χ4v) is 6.48. The number of aromatic nitrogens is 2. The molecule has 0 saturated heterocycles. The molecule has 0 aliphatic heterocycles. The van der Waals surface area contributed by atoms with Crippen molar-refractivity contribution in [3.8, 4) is 5.75 Å². The van der Waals surface area contributed by atoms with Gasteiger partial charge in [0, 0.05) is 0 Å². The molecule has 1 aromatic carbocycles. The van der Waals surface area contributed by atoms with Gasteiger partial charge in [-0.15, -0.1) is 10.2 Å². The van der Waals surface area contributed by atoms with Crippen LogP contribution in [-0.4, -0.2) is 16.1 Å². The second kappa shape index (κ2) is 6.59. The molecule has 4 aliphatic rings. The molecule has 0 spiro atoms. The lowest BCUT2D eigenvalue weighted by molar-refractivity contribution is -0.140. The fraction of sp³-hybridized carbons (Fsp3) is 0.571. The Morgan fingerprint density at radius 3 is 2.56 bits per heavy atom. The maximum absolute atomic E-state index is 13.1. The minimum Gasteiger partial charge on any atom is -0.486 e. The van der Waals surface area contributed by atoms with Crippen LogP contribution < -0.4 is 10.1 Å². The minimum atomic E-state index is -0.154. The van der Waals surface area contributed by atoms with Crippen LogP contribution in [0.4, 0.5) is 5.13 Å². The number of nitrogens with zero attached hydrogens (tertiary/aromatic N) is 2. The largest absolute Gasteiger partial charge is 0.486 e. The third kappa shape index (κ3) is 3.35. The Bertz CT molecular complexity index is 827. The number of anilines is 1. The van der Waals surface area contributed by atoms with Crippen molar-refractivity contribution >= 4 is 22.4 Å². The quantitative estimate of drug-likeness (QED) is 0.821. The zero-order valence-corrected chi connectivity index (χ0v) is 16.4. The van der Waals surface area contributed by atoms with Gasteiger partial charge in [0.05, 0.1) is 5.41 Å². The Morgan fingerprint density at radius 1 is 1.19 bits per heavy atom. The number of hydrogen-bond acceptors (Lipinski definition) is 5. The second-order valence-electron chi connectivity index (χ2n) is 8.76. The van der Waals surface area contributed by atoms with Gasteiger partial charge in [-0.05, 0) is 80.9 Å². The number of amides is 1. The predicted molar refractivity (Wildman–Crippen MR) is 105 cm³/mol. The predicted octanol–water partition coefficient (Wildman–Crippen LogP) is 4.58. The summed E-state index contributed by atoms with van der Waals surface area (Å²) in [6.07, 6.45) is 7.20. The fourth-order valence-electron chi connectivity index (χ4n) is 5.83. The summed E-state index contributed by atoms with van der Waals surface area (Å²) >= 11 is 1.41. The highest BCUT2D eigenvalue weighted by atomic mass is 32.1. The Labute approximate surface area is 163 Å².